The van der Waals surface area contributed by atoms with Crippen LogP contribution in [-0.4, -0.2) is 62.1 Å². The summed E-state index contributed by atoms with van der Waals surface area (Å²) in [5, 5.41) is 8.73. The molecule has 0 aliphatic carbocycles. The molecule has 0 N–H and O–H groups in total. The predicted octanol–water partition coefficient (Wildman–Crippen LogP) is 7.72. The van der Waals surface area contributed by atoms with Crippen molar-refractivity contribution in [2.24, 2.45) is 0 Å². The van der Waals surface area contributed by atoms with E-state index in [1.54, 1.807) is 32.3 Å². The van der Waals surface area contributed by atoms with Crippen LogP contribution < -0.4 is 61.9 Å². The van der Waals surface area contributed by atoms with E-state index in [1.165, 1.54) is 12.8 Å². The molecule has 1 aliphatic rings. The molecule has 0 unspecified atom stereocenters. The Bertz CT molecular complexity index is 1340. The Kier molecular flexibility index (Phi) is 24.9. The third-order valence-corrected chi connectivity index (χ3v) is 19.6. The van der Waals surface area contributed by atoms with Crippen LogP contribution in [0.1, 0.15) is 95.9 Å². The fraction of sp³-hybridized carbons (Fsp3) is 0.581. The first-order valence-electron chi connectivity index (χ1n) is 19.7. The molecular formula is C43H71BFeN2NaOP3Si. The molecule has 1 heterocycles. The van der Waals surface area contributed by atoms with Crippen molar-refractivity contribution in [3.05, 3.63) is 81.8 Å². The summed E-state index contributed by atoms with van der Waals surface area (Å²) >= 11 is 3.26. The molecule has 3 aromatic rings. The number of benzene rings is 3. The van der Waals surface area contributed by atoms with Crippen molar-refractivity contribution in [2.75, 3.05) is 13.2 Å². The van der Waals surface area contributed by atoms with Gasteiger partial charge in [0.15, 0.2) is 0 Å². The summed E-state index contributed by atoms with van der Waals surface area (Å²) in [6, 6.07) is 28.6. The summed E-state index contributed by atoms with van der Waals surface area (Å²) < 4.78 is 8.39. The predicted molar refractivity (Wildman–Crippen MR) is 245 cm³/mol. The molecule has 0 bridgehead atoms. The van der Waals surface area contributed by atoms with Gasteiger partial charge in [0.2, 0.25) is 0 Å². The zero-order chi connectivity index (χ0) is 39.2. The Labute approximate surface area is 362 Å². The van der Waals surface area contributed by atoms with Gasteiger partial charge in [0, 0.05) is 13.2 Å². The van der Waals surface area contributed by atoms with Crippen LogP contribution in [0.2, 0.25) is 19.6 Å². The van der Waals surface area contributed by atoms with Crippen LogP contribution in [-0.2, 0) is 20.4 Å². The molecule has 4 rings (SSSR count). The summed E-state index contributed by atoms with van der Waals surface area (Å²) in [5.41, 5.74) is 8.51. The van der Waals surface area contributed by atoms with Crippen LogP contribution in [0.25, 0.3) is 8.98 Å². The molecule has 0 aromatic heterocycles. The standard InChI is InChI=1S/C36H54BP3.C4H8O.C3H9N2Si.Fe.Na/c1-25(2)38(26(3)4)34-22-16-13-19-31(34)37(32-20-14-17-23-35(32)39(27(5)6)28(7)8)33-21-15-18-24-36(33)40(29(9)10)30(11)12;1-2-4-5-3-1;1-6(2,3)5-4;;/h13-30H,1-12H3;1-4H2;1-3H3;;/q-1;;-1;2*+1. The smallest absolute Gasteiger partial charge is 1.00 e. The van der Waals surface area contributed by atoms with E-state index in [4.69, 9.17) is 4.74 Å². The van der Waals surface area contributed by atoms with Crippen LogP contribution in [0.15, 0.2) is 72.8 Å². The summed E-state index contributed by atoms with van der Waals surface area (Å²) in [6.07, 6.45) is 2.56. The molecule has 10 heteroatoms. The maximum atomic E-state index is 4.94. The Morgan fingerprint density at radius 3 is 0.981 bits per heavy atom. The second-order valence-electron chi connectivity index (χ2n) is 16.6. The van der Waals surface area contributed by atoms with E-state index in [2.05, 4.69) is 200 Å². The molecule has 3 nitrogen and oxygen atoms in total. The van der Waals surface area contributed by atoms with Gasteiger partial charge in [-0.05, 0) is 53.5 Å². The van der Waals surface area contributed by atoms with Crippen LogP contribution in [0.3, 0.4) is 0 Å². The fourth-order valence-corrected chi connectivity index (χ4v) is 17.9. The maximum absolute atomic E-state index is 4.94. The minimum atomic E-state index is -1.26. The minimum absolute atomic E-state index is 0. The van der Waals surface area contributed by atoms with Crippen LogP contribution in [0.5, 0.6) is 0 Å². The summed E-state index contributed by atoms with van der Waals surface area (Å²) in [4.78, 5) is 0. The quantitative estimate of drug-likeness (QED) is 0.0985. The molecular weight excluding hydrogens is 771 g/mol. The van der Waals surface area contributed by atoms with Gasteiger partial charge in [-0.3, -0.25) is 0 Å². The third-order valence-electron chi connectivity index (χ3n) is 9.08. The molecule has 0 saturated carbocycles. The monoisotopic (exact) mass is 842 g/mol. The second kappa shape index (κ2) is 25.7. The van der Waals surface area contributed by atoms with Gasteiger partial charge in [0.1, 0.15) is 0 Å². The summed E-state index contributed by atoms with van der Waals surface area (Å²) in [5.74, 6) is 0. The van der Waals surface area contributed by atoms with Crippen molar-refractivity contribution in [2.45, 2.75) is 150 Å². The molecule has 1 radical (unpaired) electrons. The molecule has 0 spiro atoms. The summed E-state index contributed by atoms with van der Waals surface area (Å²) in [6.45, 7) is 37.8. The third kappa shape index (κ3) is 16.3. The van der Waals surface area contributed by atoms with Gasteiger partial charge >= 0.3 is 82.1 Å². The fourth-order valence-electron chi connectivity index (χ4n) is 7.48. The van der Waals surface area contributed by atoms with Gasteiger partial charge in [-0.15, -0.1) is 0 Å². The first-order valence-corrected chi connectivity index (χ1v) is 28.0. The second-order valence-corrected chi connectivity index (χ2v) is 31.4. The summed E-state index contributed by atoms with van der Waals surface area (Å²) in [7, 11) is -2.15. The van der Waals surface area contributed by atoms with Gasteiger partial charge < -0.3 is 4.74 Å². The number of rotatable bonds is 13. The Balaban J connectivity index is 0.000000918. The molecule has 1 saturated heterocycles. The van der Waals surface area contributed by atoms with Crippen molar-refractivity contribution in [1.29, 1.82) is 0 Å². The molecule has 1 fully saturated rings. The Morgan fingerprint density at radius 1 is 0.547 bits per heavy atom. The average molecular weight is 843 g/mol. The van der Waals surface area contributed by atoms with Crippen molar-refractivity contribution in [3.8, 4) is 0 Å². The Morgan fingerprint density at radius 2 is 0.811 bits per heavy atom. The molecule has 1 aliphatic heterocycles. The van der Waals surface area contributed by atoms with E-state index >= 15 is 0 Å². The topological polar surface area (TPSA) is 27.7 Å². The number of nitrogens with zero attached hydrogens (tertiary/aromatic N) is 2. The van der Waals surface area contributed by atoms with E-state index in [9.17, 15) is 0 Å². The Hall–Kier alpha value is 0.381. The van der Waals surface area contributed by atoms with E-state index in [-0.39, 0.29) is 60.0 Å². The normalized spacial score (nSPS) is 13.3. The van der Waals surface area contributed by atoms with Crippen molar-refractivity contribution >= 4 is 71.0 Å². The number of ether oxygens (including phenoxy) is 1. The van der Waals surface area contributed by atoms with Crippen molar-refractivity contribution < 1.29 is 49.9 Å². The molecule has 53 heavy (non-hydrogen) atoms. The van der Waals surface area contributed by atoms with Crippen LogP contribution in [0.4, 0.5) is 0 Å². The van der Waals surface area contributed by atoms with Gasteiger partial charge in [0.05, 0.1) is 0 Å². The minimum Gasteiger partial charge on any atom is 1.00 e. The van der Waals surface area contributed by atoms with Gasteiger partial charge in [0.25, 0.3) is 0 Å². The molecule has 0 amide bonds. The van der Waals surface area contributed by atoms with Gasteiger partial charge in [-0.1, -0.05) is 196 Å². The average Bonchev–Trinajstić information content (AvgIpc) is 3.63. The number of hydrogen-bond donors (Lipinski definition) is 0. The van der Waals surface area contributed by atoms with Crippen molar-refractivity contribution in [3.63, 3.8) is 0 Å². The van der Waals surface area contributed by atoms with E-state index in [0.717, 1.165) is 13.2 Å². The van der Waals surface area contributed by atoms with Gasteiger partial charge in [-0.25, -0.2) is 16.4 Å². The zero-order valence-electron chi connectivity index (χ0n) is 36.3. The van der Waals surface area contributed by atoms with Crippen molar-refractivity contribution in [1.82, 2.24) is 0 Å². The SMILES string of the molecule is C1CCOC1.CC(C)P(c1ccccc1[B-](c1ccccc1P(C(C)C)C(C)C)c1ccccc1P(C(C)C)C(C)C)C(C)C.C[Si](C)(C)[N-][N+]#[Fe].[Na+]. The number of hydrogen-bond acceptors (Lipinski definition) is 1. The molecule has 0 atom stereocenters. The van der Waals surface area contributed by atoms with Gasteiger partial charge in [-0.2, -0.15) is 0 Å². The van der Waals surface area contributed by atoms with Crippen LogP contribution in [0, 0.1) is 0 Å². The maximum Gasteiger partial charge on any atom is 1.00 e. The zero-order valence-corrected chi connectivity index (χ0v) is 43.1. The first kappa shape index (κ1) is 51.4. The van der Waals surface area contributed by atoms with Crippen LogP contribution >= 0.6 is 23.8 Å². The van der Waals surface area contributed by atoms with E-state index in [1.807, 2.05) is 0 Å². The largest absolute Gasteiger partial charge is 1.00 e. The van der Waals surface area contributed by atoms with E-state index < -0.39 is 8.24 Å². The van der Waals surface area contributed by atoms with E-state index in [0.29, 0.717) is 34.0 Å². The first-order chi connectivity index (χ1) is 24.4. The molecule has 3 aromatic carbocycles. The molecule has 290 valence electrons.